The fraction of sp³-hybridized carbons (Fsp3) is 0.818. The smallest absolute Gasteiger partial charge is 0.315 e. The summed E-state index contributed by atoms with van der Waals surface area (Å²) in [6.45, 7) is 3.92. The quantitative estimate of drug-likeness (QED) is 0.642. The summed E-state index contributed by atoms with van der Waals surface area (Å²) in [5.74, 6) is -0.206. The number of carbonyl (C=O) groups excluding carboxylic acids is 1. The molecule has 3 N–H and O–H groups in total. The maximum absolute atomic E-state index is 11.4. The molecule has 0 aliphatic heterocycles. The standard InChI is InChI=1S/C11H20N2O3/c1-3-8-6-9(8)13-11(16)12-7(2)4-5-10(14)15/h7-9H,3-6H2,1-2H3,(H,14,15)(H2,12,13,16). The first kappa shape index (κ1) is 12.8. The number of hydrogen-bond donors (Lipinski definition) is 3. The second-order valence-corrected chi connectivity index (χ2v) is 4.46. The lowest BCUT2D eigenvalue weighted by atomic mass is 10.2. The van der Waals surface area contributed by atoms with Crippen LogP contribution in [0, 0.1) is 5.92 Å². The number of amides is 2. The highest BCUT2D eigenvalue weighted by Crippen LogP contribution is 2.32. The van der Waals surface area contributed by atoms with Crippen molar-refractivity contribution in [1.82, 2.24) is 10.6 Å². The van der Waals surface area contributed by atoms with Gasteiger partial charge < -0.3 is 15.7 Å². The van der Waals surface area contributed by atoms with E-state index in [2.05, 4.69) is 17.6 Å². The average Bonchev–Trinajstić information content (AvgIpc) is 2.93. The number of urea groups is 1. The van der Waals surface area contributed by atoms with Crippen LogP contribution < -0.4 is 10.6 Å². The Kier molecular flexibility index (Phi) is 4.58. The van der Waals surface area contributed by atoms with E-state index in [9.17, 15) is 9.59 Å². The van der Waals surface area contributed by atoms with E-state index in [0.717, 1.165) is 12.8 Å². The van der Waals surface area contributed by atoms with Crippen LogP contribution in [0.1, 0.15) is 39.5 Å². The molecule has 5 heteroatoms. The number of hydrogen-bond acceptors (Lipinski definition) is 2. The summed E-state index contributed by atoms with van der Waals surface area (Å²) in [6.07, 6.45) is 2.71. The molecule has 0 radical (unpaired) electrons. The van der Waals surface area contributed by atoms with Crippen LogP contribution in [0.4, 0.5) is 4.79 Å². The minimum absolute atomic E-state index is 0.0858. The fourth-order valence-corrected chi connectivity index (χ4v) is 1.72. The molecule has 5 nitrogen and oxygen atoms in total. The number of carboxylic acids is 1. The zero-order valence-corrected chi connectivity index (χ0v) is 9.82. The van der Waals surface area contributed by atoms with Gasteiger partial charge in [0.05, 0.1) is 0 Å². The first-order valence-electron chi connectivity index (χ1n) is 5.81. The van der Waals surface area contributed by atoms with Gasteiger partial charge >= 0.3 is 12.0 Å². The van der Waals surface area contributed by atoms with Gasteiger partial charge in [-0.15, -0.1) is 0 Å². The summed E-state index contributed by atoms with van der Waals surface area (Å²) in [6, 6.07) is 0.0328. The maximum atomic E-state index is 11.4. The van der Waals surface area contributed by atoms with E-state index >= 15 is 0 Å². The van der Waals surface area contributed by atoms with Crippen LogP contribution >= 0.6 is 0 Å². The average molecular weight is 228 g/mol. The summed E-state index contributed by atoms with van der Waals surface area (Å²) in [4.78, 5) is 21.8. The van der Waals surface area contributed by atoms with Crippen molar-refractivity contribution in [1.29, 1.82) is 0 Å². The Labute approximate surface area is 95.6 Å². The molecule has 1 saturated carbocycles. The van der Waals surface area contributed by atoms with Gasteiger partial charge in [-0.1, -0.05) is 13.3 Å². The predicted octanol–water partition coefficient (Wildman–Crippen LogP) is 1.34. The first-order chi connectivity index (χ1) is 7.52. The van der Waals surface area contributed by atoms with E-state index in [0.29, 0.717) is 18.4 Å². The highest BCUT2D eigenvalue weighted by atomic mass is 16.4. The number of nitrogens with one attached hydrogen (secondary N) is 2. The molecule has 0 saturated heterocycles. The van der Waals surface area contributed by atoms with Gasteiger partial charge in [-0.05, 0) is 25.7 Å². The third-order valence-corrected chi connectivity index (χ3v) is 2.93. The third kappa shape index (κ3) is 4.51. The predicted molar refractivity (Wildman–Crippen MR) is 60.2 cm³/mol. The van der Waals surface area contributed by atoms with Crippen LogP contribution in [0.25, 0.3) is 0 Å². The molecule has 92 valence electrons. The van der Waals surface area contributed by atoms with Gasteiger partial charge in [0.2, 0.25) is 0 Å². The molecule has 1 fully saturated rings. The van der Waals surface area contributed by atoms with Gasteiger partial charge in [0, 0.05) is 18.5 Å². The summed E-state index contributed by atoms with van der Waals surface area (Å²) in [5.41, 5.74) is 0. The molecular formula is C11H20N2O3. The second-order valence-electron chi connectivity index (χ2n) is 4.46. The van der Waals surface area contributed by atoms with Crippen molar-refractivity contribution < 1.29 is 14.7 Å². The second kappa shape index (κ2) is 5.72. The summed E-state index contributed by atoms with van der Waals surface area (Å²) < 4.78 is 0. The Morgan fingerprint density at radius 2 is 2.19 bits per heavy atom. The zero-order valence-electron chi connectivity index (χ0n) is 9.82. The number of rotatable bonds is 6. The zero-order chi connectivity index (χ0) is 12.1. The maximum Gasteiger partial charge on any atom is 0.315 e. The largest absolute Gasteiger partial charge is 0.481 e. The van der Waals surface area contributed by atoms with Crippen LogP contribution in [0.3, 0.4) is 0 Å². The van der Waals surface area contributed by atoms with Gasteiger partial charge in [-0.2, -0.15) is 0 Å². The van der Waals surface area contributed by atoms with E-state index in [1.165, 1.54) is 0 Å². The van der Waals surface area contributed by atoms with Gasteiger partial charge in [0.1, 0.15) is 0 Å². The number of carbonyl (C=O) groups is 2. The normalized spacial score (nSPS) is 24.6. The molecule has 0 spiro atoms. The summed E-state index contributed by atoms with van der Waals surface area (Å²) in [7, 11) is 0. The Balaban J connectivity index is 2.11. The SMILES string of the molecule is CCC1CC1NC(=O)NC(C)CCC(=O)O. The van der Waals surface area contributed by atoms with Crippen LogP contribution in [0.2, 0.25) is 0 Å². The Morgan fingerprint density at radius 1 is 1.50 bits per heavy atom. The molecule has 0 aromatic carbocycles. The van der Waals surface area contributed by atoms with Crippen molar-refractivity contribution in [3.63, 3.8) is 0 Å². The molecule has 3 unspecified atom stereocenters. The molecule has 16 heavy (non-hydrogen) atoms. The van der Waals surface area contributed by atoms with Crippen molar-refractivity contribution in [3.8, 4) is 0 Å². The van der Waals surface area contributed by atoms with Gasteiger partial charge in [0.25, 0.3) is 0 Å². The van der Waals surface area contributed by atoms with Crippen molar-refractivity contribution in [3.05, 3.63) is 0 Å². The lowest BCUT2D eigenvalue weighted by molar-refractivity contribution is -0.137. The lowest BCUT2D eigenvalue weighted by Gasteiger charge is -2.13. The molecule has 2 amide bonds. The van der Waals surface area contributed by atoms with E-state index in [1.54, 1.807) is 0 Å². The summed E-state index contributed by atoms with van der Waals surface area (Å²) in [5, 5.41) is 14.1. The molecule has 0 aromatic heterocycles. The number of aliphatic carboxylic acids is 1. The minimum Gasteiger partial charge on any atom is -0.481 e. The number of carboxylic acid groups (broad SMARTS) is 1. The van der Waals surface area contributed by atoms with E-state index in [1.807, 2.05) is 6.92 Å². The molecule has 0 heterocycles. The van der Waals surface area contributed by atoms with E-state index in [-0.39, 0.29) is 18.5 Å². The highest BCUT2D eigenvalue weighted by Gasteiger charge is 2.36. The van der Waals surface area contributed by atoms with Crippen molar-refractivity contribution in [2.75, 3.05) is 0 Å². The van der Waals surface area contributed by atoms with Crippen LogP contribution in [-0.4, -0.2) is 29.2 Å². The Bertz CT molecular complexity index is 268. The topological polar surface area (TPSA) is 78.4 Å². The van der Waals surface area contributed by atoms with Gasteiger partial charge in [-0.25, -0.2) is 4.79 Å². The molecule has 0 bridgehead atoms. The van der Waals surface area contributed by atoms with Gasteiger partial charge in [0.15, 0.2) is 0 Å². The molecule has 1 rings (SSSR count). The lowest BCUT2D eigenvalue weighted by Crippen LogP contribution is -2.42. The monoisotopic (exact) mass is 228 g/mol. The molecule has 1 aliphatic carbocycles. The third-order valence-electron chi connectivity index (χ3n) is 2.93. The van der Waals surface area contributed by atoms with Crippen LogP contribution in [0.15, 0.2) is 0 Å². The molecular weight excluding hydrogens is 208 g/mol. The fourth-order valence-electron chi connectivity index (χ4n) is 1.72. The first-order valence-corrected chi connectivity index (χ1v) is 5.81. The van der Waals surface area contributed by atoms with Crippen molar-refractivity contribution in [2.45, 2.75) is 51.6 Å². The Hall–Kier alpha value is -1.26. The van der Waals surface area contributed by atoms with Crippen molar-refractivity contribution >= 4 is 12.0 Å². The highest BCUT2D eigenvalue weighted by molar-refractivity contribution is 5.75. The minimum atomic E-state index is -0.831. The Morgan fingerprint density at radius 3 is 2.69 bits per heavy atom. The molecule has 1 aliphatic rings. The van der Waals surface area contributed by atoms with Crippen molar-refractivity contribution in [2.24, 2.45) is 5.92 Å². The van der Waals surface area contributed by atoms with E-state index < -0.39 is 5.97 Å². The van der Waals surface area contributed by atoms with Crippen LogP contribution in [-0.2, 0) is 4.79 Å². The summed E-state index contributed by atoms with van der Waals surface area (Å²) >= 11 is 0. The molecule has 0 aromatic rings. The van der Waals surface area contributed by atoms with Crippen LogP contribution in [0.5, 0.6) is 0 Å². The van der Waals surface area contributed by atoms with Gasteiger partial charge in [-0.3, -0.25) is 4.79 Å². The molecule has 3 atom stereocenters. The van der Waals surface area contributed by atoms with E-state index in [4.69, 9.17) is 5.11 Å².